The summed E-state index contributed by atoms with van der Waals surface area (Å²) >= 11 is 0. The van der Waals surface area contributed by atoms with Gasteiger partial charge in [0.25, 0.3) is 5.91 Å². The fourth-order valence-corrected chi connectivity index (χ4v) is 3.63. The summed E-state index contributed by atoms with van der Waals surface area (Å²) in [6.45, 7) is 6.08. The predicted octanol–water partition coefficient (Wildman–Crippen LogP) is 4.15. The van der Waals surface area contributed by atoms with Gasteiger partial charge in [-0.3, -0.25) is 9.59 Å². The van der Waals surface area contributed by atoms with Gasteiger partial charge in [0.05, 0.1) is 17.9 Å². The molecule has 138 valence electrons. The van der Waals surface area contributed by atoms with Crippen molar-refractivity contribution in [2.45, 2.75) is 58.4 Å². The van der Waals surface area contributed by atoms with Gasteiger partial charge in [0, 0.05) is 5.56 Å². The average molecular weight is 355 g/mol. The van der Waals surface area contributed by atoms with Crippen molar-refractivity contribution in [3.8, 4) is 0 Å². The number of aryl methyl sites for hydroxylation is 2. The second-order valence-corrected chi connectivity index (χ2v) is 7.32. The van der Waals surface area contributed by atoms with E-state index in [0.29, 0.717) is 17.0 Å². The third kappa shape index (κ3) is 3.66. The van der Waals surface area contributed by atoms with Gasteiger partial charge in [0.15, 0.2) is 0 Å². The van der Waals surface area contributed by atoms with Crippen LogP contribution in [-0.4, -0.2) is 17.0 Å². The summed E-state index contributed by atoms with van der Waals surface area (Å²) < 4.78 is 5.29. The molecule has 1 aromatic carbocycles. The maximum atomic E-state index is 12.9. The molecule has 5 heteroatoms. The van der Waals surface area contributed by atoms with E-state index in [0.717, 1.165) is 19.3 Å². The molecule has 1 aliphatic rings. The number of nitrogens with one attached hydrogen (secondary N) is 1. The quantitative estimate of drug-likeness (QED) is 0.844. The Bertz CT molecular complexity index is 835. The first-order valence-electron chi connectivity index (χ1n) is 9.09. The van der Waals surface area contributed by atoms with Gasteiger partial charge in [-0.2, -0.15) is 0 Å². The Morgan fingerprint density at radius 3 is 2.81 bits per heavy atom. The van der Waals surface area contributed by atoms with E-state index in [1.165, 1.54) is 23.0 Å². The molecule has 0 fully saturated rings. The number of fused-ring (bicyclic) bond motifs is 1. The molecule has 0 bridgehead atoms. The van der Waals surface area contributed by atoms with Crippen molar-refractivity contribution in [1.29, 1.82) is 0 Å². The Morgan fingerprint density at radius 2 is 2.12 bits per heavy atom. The van der Waals surface area contributed by atoms with E-state index in [1.54, 1.807) is 6.92 Å². The van der Waals surface area contributed by atoms with E-state index in [4.69, 9.17) is 9.52 Å². The topological polar surface area (TPSA) is 79.5 Å². The van der Waals surface area contributed by atoms with Gasteiger partial charge in [0.2, 0.25) is 0 Å². The molecule has 2 N–H and O–H groups in total. The Hall–Kier alpha value is -2.56. The minimum absolute atomic E-state index is 0.0584. The number of carbonyl (C=O) groups excluding carboxylic acids is 1. The zero-order valence-corrected chi connectivity index (χ0v) is 15.5. The third-order valence-corrected chi connectivity index (χ3v) is 5.05. The normalized spacial score (nSPS) is 16.4. The van der Waals surface area contributed by atoms with Gasteiger partial charge in [-0.1, -0.05) is 32.0 Å². The molecule has 1 aliphatic carbocycles. The zero-order chi connectivity index (χ0) is 18.8. The van der Waals surface area contributed by atoms with Gasteiger partial charge >= 0.3 is 5.97 Å². The predicted molar refractivity (Wildman–Crippen MR) is 98.5 cm³/mol. The monoisotopic (exact) mass is 355 g/mol. The second-order valence-electron chi connectivity index (χ2n) is 7.32. The molecule has 2 aromatic rings. The van der Waals surface area contributed by atoms with Crippen LogP contribution in [0.25, 0.3) is 0 Å². The van der Waals surface area contributed by atoms with E-state index in [2.05, 4.69) is 37.4 Å². The molecule has 0 aliphatic heterocycles. The van der Waals surface area contributed by atoms with Crippen LogP contribution in [0.15, 0.2) is 28.9 Å². The molecular weight excluding hydrogens is 330 g/mol. The molecule has 1 amide bonds. The second kappa shape index (κ2) is 7.36. The molecule has 3 rings (SSSR count). The lowest BCUT2D eigenvalue weighted by molar-refractivity contribution is -0.136. The summed E-state index contributed by atoms with van der Waals surface area (Å²) in [6, 6.07) is 6.47. The zero-order valence-electron chi connectivity index (χ0n) is 15.5. The largest absolute Gasteiger partial charge is 0.481 e. The number of benzene rings is 1. The molecular formula is C21H25NO4. The van der Waals surface area contributed by atoms with Crippen LogP contribution >= 0.6 is 0 Å². The van der Waals surface area contributed by atoms with Crippen LogP contribution in [0.1, 0.15) is 77.0 Å². The number of furan rings is 1. The highest BCUT2D eigenvalue weighted by atomic mass is 16.4. The molecule has 0 unspecified atom stereocenters. The summed E-state index contributed by atoms with van der Waals surface area (Å²) in [5, 5.41) is 12.1. The van der Waals surface area contributed by atoms with Crippen molar-refractivity contribution in [2.24, 2.45) is 0 Å². The lowest BCUT2D eigenvalue weighted by Gasteiger charge is -2.27. The Morgan fingerprint density at radius 1 is 1.35 bits per heavy atom. The van der Waals surface area contributed by atoms with Crippen LogP contribution in [-0.2, 0) is 17.6 Å². The van der Waals surface area contributed by atoms with Gasteiger partial charge in [-0.25, -0.2) is 0 Å². The molecule has 0 radical (unpaired) electrons. The summed E-state index contributed by atoms with van der Waals surface area (Å²) in [5.41, 5.74) is 4.72. The third-order valence-electron chi connectivity index (χ3n) is 5.05. The van der Waals surface area contributed by atoms with E-state index in [-0.39, 0.29) is 24.1 Å². The fraction of sp³-hybridized carbons (Fsp3) is 0.429. The van der Waals surface area contributed by atoms with Crippen molar-refractivity contribution >= 4 is 11.9 Å². The number of hydrogen-bond acceptors (Lipinski definition) is 3. The number of aliphatic carboxylic acids is 1. The Labute approximate surface area is 153 Å². The number of hydrogen-bond donors (Lipinski definition) is 2. The highest BCUT2D eigenvalue weighted by Gasteiger charge is 2.26. The Kier molecular flexibility index (Phi) is 5.16. The van der Waals surface area contributed by atoms with E-state index in [9.17, 15) is 9.59 Å². The standard InChI is InChI=1S/C21H25NO4/c1-12(2)15-8-7-14-5-4-6-17(16(14)9-15)22-21(25)20-13(3)11-26-18(20)10-19(23)24/h7-9,11-12,17H,4-6,10H2,1-3H3,(H,22,25)(H,23,24)/t17-/m1/s1. The van der Waals surface area contributed by atoms with Crippen molar-refractivity contribution in [1.82, 2.24) is 5.32 Å². The maximum Gasteiger partial charge on any atom is 0.311 e. The summed E-state index contributed by atoms with van der Waals surface area (Å²) in [5.74, 6) is -0.644. The molecule has 1 aromatic heterocycles. The minimum atomic E-state index is -1.02. The molecule has 0 spiro atoms. The fourth-order valence-electron chi connectivity index (χ4n) is 3.63. The molecule has 0 saturated carbocycles. The Balaban J connectivity index is 1.87. The van der Waals surface area contributed by atoms with Crippen molar-refractivity contribution in [3.63, 3.8) is 0 Å². The van der Waals surface area contributed by atoms with Crippen LogP contribution in [0.5, 0.6) is 0 Å². The van der Waals surface area contributed by atoms with Crippen LogP contribution in [0.4, 0.5) is 0 Å². The minimum Gasteiger partial charge on any atom is -0.481 e. The van der Waals surface area contributed by atoms with E-state index in [1.807, 2.05) is 0 Å². The van der Waals surface area contributed by atoms with Crippen LogP contribution in [0, 0.1) is 6.92 Å². The van der Waals surface area contributed by atoms with Crippen molar-refractivity contribution in [2.75, 3.05) is 0 Å². The summed E-state index contributed by atoms with van der Waals surface area (Å²) in [7, 11) is 0. The number of amides is 1. The van der Waals surface area contributed by atoms with Gasteiger partial charge in [-0.05, 0) is 48.8 Å². The van der Waals surface area contributed by atoms with E-state index >= 15 is 0 Å². The number of carboxylic acid groups (broad SMARTS) is 1. The van der Waals surface area contributed by atoms with Crippen LogP contribution in [0.2, 0.25) is 0 Å². The van der Waals surface area contributed by atoms with Gasteiger partial charge in [-0.15, -0.1) is 0 Å². The first-order chi connectivity index (χ1) is 12.4. The lowest BCUT2D eigenvalue weighted by Crippen LogP contribution is -2.32. The summed E-state index contributed by atoms with van der Waals surface area (Å²) in [4.78, 5) is 23.9. The maximum absolute atomic E-state index is 12.9. The molecule has 5 nitrogen and oxygen atoms in total. The number of rotatable bonds is 5. The lowest BCUT2D eigenvalue weighted by atomic mass is 9.85. The first-order valence-corrected chi connectivity index (χ1v) is 9.09. The van der Waals surface area contributed by atoms with Gasteiger partial charge in [0.1, 0.15) is 12.2 Å². The van der Waals surface area contributed by atoms with Crippen molar-refractivity contribution in [3.05, 3.63) is 58.0 Å². The molecule has 26 heavy (non-hydrogen) atoms. The van der Waals surface area contributed by atoms with E-state index < -0.39 is 5.97 Å². The van der Waals surface area contributed by atoms with Gasteiger partial charge < -0.3 is 14.8 Å². The summed E-state index contributed by atoms with van der Waals surface area (Å²) in [6.07, 6.45) is 4.07. The highest BCUT2D eigenvalue weighted by molar-refractivity contribution is 5.97. The number of carboxylic acids is 1. The van der Waals surface area contributed by atoms with Crippen LogP contribution in [0.3, 0.4) is 0 Å². The molecule has 0 saturated heterocycles. The van der Waals surface area contributed by atoms with Crippen molar-refractivity contribution < 1.29 is 19.1 Å². The smallest absolute Gasteiger partial charge is 0.311 e. The highest BCUT2D eigenvalue weighted by Crippen LogP contribution is 2.32. The van der Waals surface area contributed by atoms with Crippen LogP contribution < -0.4 is 5.32 Å². The molecule has 1 atom stereocenters. The molecule has 1 heterocycles. The SMILES string of the molecule is Cc1coc(CC(=O)O)c1C(=O)N[C@@H]1CCCc2ccc(C(C)C)cc21. The average Bonchev–Trinajstić information content (AvgIpc) is 2.94. The number of carbonyl (C=O) groups is 2. The first kappa shape index (κ1) is 18.2.